The maximum absolute atomic E-state index is 12.3. The molecule has 0 bridgehead atoms. The third-order valence-corrected chi connectivity index (χ3v) is 6.30. The number of halogens is 2. The fourth-order valence-electron chi connectivity index (χ4n) is 3.54. The molecule has 0 aliphatic rings. The van der Waals surface area contributed by atoms with Gasteiger partial charge in [-0.1, -0.05) is 35.3 Å². The van der Waals surface area contributed by atoms with E-state index in [2.05, 4.69) is 15.6 Å². The number of furan rings is 1. The quantitative estimate of drug-likeness (QED) is 0.172. The van der Waals surface area contributed by atoms with Gasteiger partial charge in [-0.25, -0.2) is 4.98 Å². The van der Waals surface area contributed by atoms with E-state index in [1.807, 2.05) is 55.5 Å². The number of hydrogen-bond acceptors (Lipinski definition) is 5. The zero-order valence-corrected chi connectivity index (χ0v) is 21.7. The lowest BCUT2D eigenvalue weighted by Crippen LogP contribution is -2.32. The number of hydrogen-bond donors (Lipinski definition) is 2. The minimum Gasteiger partial charge on any atom is -0.457 e. The van der Waals surface area contributed by atoms with E-state index in [1.165, 1.54) is 6.08 Å². The second-order valence-electron chi connectivity index (χ2n) is 8.15. The fourth-order valence-corrected chi connectivity index (χ4v) is 4.10. The van der Waals surface area contributed by atoms with Gasteiger partial charge in [-0.3, -0.25) is 10.1 Å². The Labute approximate surface area is 227 Å². The molecule has 9 heteroatoms. The van der Waals surface area contributed by atoms with Crippen LogP contribution in [0.4, 0.5) is 5.69 Å². The first-order valence-corrected chi connectivity index (χ1v) is 12.3. The van der Waals surface area contributed by atoms with E-state index < -0.39 is 5.91 Å². The fraction of sp³-hybridized carbons (Fsp3) is 0.0357. The summed E-state index contributed by atoms with van der Waals surface area (Å²) in [4.78, 5) is 16.8. The number of amides is 1. The molecule has 0 saturated carbocycles. The Kier molecular flexibility index (Phi) is 7.10. The van der Waals surface area contributed by atoms with Gasteiger partial charge < -0.3 is 14.2 Å². The predicted molar refractivity (Wildman–Crippen MR) is 152 cm³/mol. The number of oxazole rings is 1. The van der Waals surface area contributed by atoms with Crippen molar-refractivity contribution in [1.82, 2.24) is 10.3 Å². The third kappa shape index (κ3) is 5.91. The summed E-state index contributed by atoms with van der Waals surface area (Å²) in [7, 11) is 0. The molecule has 1 amide bonds. The Balaban J connectivity index is 1.17. The van der Waals surface area contributed by atoms with Gasteiger partial charge in [-0.05, 0) is 91.4 Å². The van der Waals surface area contributed by atoms with Crippen LogP contribution in [-0.4, -0.2) is 16.0 Å². The van der Waals surface area contributed by atoms with Crippen LogP contribution in [0, 0.1) is 6.92 Å². The average molecular weight is 548 g/mol. The number of carbonyl (C=O) groups excluding carboxylic acids is 1. The molecule has 0 atom stereocenters. The van der Waals surface area contributed by atoms with Crippen molar-refractivity contribution in [3.05, 3.63) is 100 Å². The van der Waals surface area contributed by atoms with Gasteiger partial charge in [0, 0.05) is 32.9 Å². The maximum Gasteiger partial charge on any atom is 0.250 e. The van der Waals surface area contributed by atoms with E-state index in [4.69, 9.17) is 44.3 Å². The zero-order chi connectivity index (χ0) is 25.9. The molecule has 0 radical (unpaired) electrons. The number of carbonyl (C=O) groups is 1. The zero-order valence-electron chi connectivity index (χ0n) is 19.4. The predicted octanol–water partition coefficient (Wildman–Crippen LogP) is 7.90. The van der Waals surface area contributed by atoms with Gasteiger partial charge in [-0.2, -0.15) is 0 Å². The summed E-state index contributed by atoms with van der Waals surface area (Å²) in [6.45, 7) is 1.94. The van der Waals surface area contributed by atoms with E-state index in [0.717, 1.165) is 16.7 Å². The lowest BCUT2D eigenvalue weighted by atomic mass is 10.1. The highest BCUT2D eigenvalue weighted by atomic mass is 35.5. The van der Waals surface area contributed by atoms with Crippen molar-refractivity contribution < 1.29 is 13.6 Å². The number of anilines is 1. The van der Waals surface area contributed by atoms with Gasteiger partial charge in [0.05, 0.1) is 0 Å². The number of nitrogens with one attached hydrogen (secondary N) is 2. The molecule has 6 nitrogen and oxygen atoms in total. The van der Waals surface area contributed by atoms with E-state index >= 15 is 0 Å². The second-order valence-corrected chi connectivity index (χ2v) is 9.40. The number of aromatic nitrogens is 1. The average Bonchev–Trinajstić information content (AvgIpc) is 3.52. The first kappa shape index (κ1) is 24.8. The Morgan fingerprint density at radius 1 is 0.946 bits per heavy atom. The minimum absolute atomic E-state index is 0.160. The number of rotatable bonds is 5. The molecular weight excluding hydrogens is 529 g/mol. The largest absolute Gasteiger partial charge is 0.457 e. The van der Waals surface area contributed by atoms with Crippen LogP contribution in [0.2, 0.25) is 10.0 Å². The SMILES string of the molecule is Cc1ccc(-c2ccc(/C=C/C(=O)NC(=S)Nc3ccc(-c4nc5cc(Cl)ccc5o4)cc3)o2)cc1Cl. The highest BCUT2D eigenvalue weighted by Crippen LogP contribution is 2.28. The molecule has 0 fully saturated rings. The smallest absolute Gasteiger partial charge is 0.250 e. The summed E-state index contributed by atoms with van der Waals surface area (Å²) in [5.41, 5.74) is 4.68. The topological polar surface area (TPSA) is 80.3 Å². The molecule has 0 spiro atoms. The Morgan fingerprint density at radius 3 is 2.51 bits per heavy atom. The van der Waals surface area contributed by atoms with Gasteiger partial charge in [0.15, 0.2) is 10.7 Å². The Morgan fingerprint density at radius 2 is 1.73 bits per heavy atom. The van der Waals surface area contributed by atoms with Crippen LogP contribution in [-0.2, 0) is 4.79 Å². The van der Waals surface area contributed by atoms with Gasteiger partial charge in [0.25, 0.3) is 0 Å². The minimum atomic E-state index is -0.393. The molecule has 37 heavy (non-hydrogen) atoms. The standard InChI is InChI=1S/C28H19Cl2N3O3S/c1-16-2-3-18(14-22(16)30)24-12-9-21(35-24)10-13-26(34)33-28(37)31-20-7-4-17(5-8-20)27-32-23-15-19(29)6-11-25(23)36-27/h2-15H,1H3,(H2,31,33,34,37)/b13-10+. The highest BCUT2D eigenvalue weighted by molar-refractivity contribution is 7.80. The summed E-state index contributed by atoms with van der Waals surface area (Å²) in [5, 5.41) is 7.01. The number of aryl methyl sites for hydroxylation is 1. The van der Waals surface area contributed by atoms with Crippen molar-refractivity contribution in [2.45, 2.75) is 6.92 Å². The molecular formula is C28H19Cl2N3O3S. The van der Waals surface area contributed by atoms with Gasteiger partial charge in [0.1, 0.15) is 17.0 Å². The van der Waals surface area contributed by atoms with E-state index in [0.29, 0.717) is 44.2 Å². The van der Waals surface area contributed by atoms with Crippen LogP contribution in [0.5, 0.6) is 0 Å². The third-order valence-electron chi connectivity index (χ3n) is 5.46. The summed E-state index contributed by atoms with van der Waals surface area (Å²) in [5.74, 6) is 1.27. The molecule has 0 aliphatic carbocycles. The van der Waals surface area contributed by atoms with Crippen molar-refractivity contribution in [3.8, 4) is 22.8 Å². The lowest BCUT2D eigenvalue weighted by Gasteiger charge is -2.08. The van der Waals surface area contributed by atoms with E-state index in [9.17, 15) is 4.79 Å². The van der Waals surface area contributed by atoms with Gasteiger partial charge in [0.2, 0.25) is 11.8 Å². The first-order valence-electron chi connectivity index (χ1n) is 11.2. The second kappa shape index (κ2) is 10.6. The molecule has 0 saturated heterocycles. The Hall–Kier alpha value is -3.91. The summed E-state index contributed by atoms with van der Waals surface area (Å²) >= 11 is 17.5. The van der Waals surface area contributed by atoms with Crippen LogP contribution in [0.1, 0.15) is 11.3 Å². The normalized spacial score (nSPS) is 11.2. The molecule has 2 aromatic heterocycles. The molecule has 3 aromatic carbocycles. The Bertz CT molecular complexity index is 1660. The van der Waals surface area contributed by atoms with Crippen LogP contribution in [0.3, 0.4) is 0 Å². The van der Waals surface area contributed by atoms with Crippen LogP contribution in [0.15, 0.2) is 87.7 Å². The maximum atomic E-state index is 12.3. The number of nitrogens with zero attached hydrogens (tertiary/aromatic N) is 1. The number of thiocarbonyl (C=S) groups is 1. The number of fused-ring (bicyclic) bond motifs is 1. The molecule has 5 aromatic rings. The summed E-state index contributed by atoms with van der Waals surface area (Å²) in [6.07, 6.45) is 2.92. The lowest BCUT2D eigenvalue weighted by molar-refractivity contribution is -0.115. The molecule has 184 valence electrons. The summed E-state index contributed by atoms with van der Waals surface area (Å²) in [6, 6.07) is 21.9. The number of benzene rings is 3. The summed E-state index contributed by atoms with van der Waals surface area (Å²) < 4.78 is 11.6. The molecule has 0 aliphatic heterocycles. The van der Waals surface area contributed by atoms with Crippen molar-refractivity contribution in [2.75, 3.05) is 5.32 Å². The van der Waals surface area contributed by atoms with Crippen LogP contribution >= 0.6 is 35.4 Å². The van der Waals surface area contributed by atoms with Crippen LogP contribution < -0.4 is 10.6 Å². The molecule has 0 unspecified atom stereocenters. The first-order chi connectivity index (χ1) is 17.8. The van der Waals surface area contributed by atoms with Crippen molar-refractivity contribution in [2.24, 2.45) is 0 Å². The van der Waals surface area contributed by atoms with E-state index in [-0.39, 0.29) is 5.11 Å². The molecule has 5 rings (SSSR count). The van der Waals surface area contributed by atoms with Crippen molar-refractivity contribution in [3.63, 3.8) is 0 Å². The van der Waals surface area contributed by atoms with Crippen LogP contribution in [0.25, 0.3) is 40.0 Å². The monoisotopic (exact) mass is 547 g/mol. The molecule has 2 N–H and O–H groups in total. The van der Waals surface area contributed by atoms with Gasteiger partial charge in [-0.15, -0.1) is 0 Å². The van der Waals surface area contributed by atoms with Gasteiger partial charge >= 0.3 is 0 Å². The highest BCUT2D eigenvalue weighted by Gasteiger charge is 2.10. The van der Waals surface area contributed by atoms with Crippen molar-refractivity contribution in [1.29, 1.82) is 0 Å². The molecule has 2 heterocycles. The van der Waals surface area contributed by atoms with E-state index in [1.54, 1.807) is 30.3 Å². The van der Waals surface area contributed by atoms with Crippen molar-refractivity contribution >= 4 is 69.3 Å².